The van der Waals surface area contributed by atoms with Crippen LogP contribution >= 0.6 is 0 Å². The molecule has 0 spiro atoms. The maximum absolute atomic E-state index is 12.2. The van der Waals surface area contributed by atoms with Crippen LogP contribution in [0.5, 0.6) is 0 Å². The molecule has 4 nitrogen and oxygen atoms in total. The molecule has 21 heavy (non-hydrogen) atoms. The van der Waals surface area contributed by atoms with E-state index in [0.29, 0.717) is 26.1 Å². The Balaban J connectivity index is 1.54. The summed E-state index contributed by atoms with van der Waals surface area (Å²) in [5.41, 5.74) is 0.450. The number of piperidine rings is 1. The number of aliphatic hydroxyl groups is 1. The van der Waals surface area contributed by atoms with E-state index in [1.54, 1.807) is 4.90 Å². The van der Waals surface area contributed by atoms with E-state index >= 15 is 0 Å². The third-order valence-corrected chi connectivity index (χ3v) is 4.89. The number of nitrogens with zero attached hydrogens (tertiary/aromatic N) is 1. The Bertz CT molecular complexity index is 490. The number of likely N-dealkylation sites (tertiary alicyclic amines) is 1. The molecular weight excluding hydrogens is 266 g/mol. The Kier molecular flexibility index (Phi) is 4.15. The molecule has 2 fully saturated rings. The van der Waals surface area contributed by atoms with Gasteiger partial charge in [0.25, 0.3) is 0 Å². The highest BCUT2D eigenvalue weighted by Crippen LogP contribution is 2.39. The first kappa shape index (κ1) is 14.4. The second kappa shape index (κ2) is 6.06. The Morgan fingerprint density at radius 3 is 2.90 bits per heavy atom. The Hall–Kier alpha value is -1.55. The molecule has 4 heteroatoms. The molecule has 0 unspecified atom stereocenters. The van der Waals surface area contributed by atoms with Gasteiger partial charge in [0.05, 0.1) is 5.60 Å². The summed E-state index contributed by atoms with van der Waals surface area (Å²) in [6, 6.07) is 9.71. The van der Waals surface area contributed by atoms with Gasteiger partial charge in [0.1, 0.15) is 6.61 Å². The van der Waals surface area contributed by atoms with Crippen molar-refractivity contribution in [2.24, 2.45) is 5.92 Å². The largest absolute Gasteiger partial charge is 0.445 e. The average Bonchev–Trinajstić information content (AvgIpc) is 2.52. The predicted octanol–water partition coefficient (Wildman–Crippen LogP) is 2.95. The molecule has 0 bridgehead atoms. The number of fused-ring (bicyclic) bond motifs is 1. The molecule has 0 aromatic heterocycles. The van der Waals surface area contributed by atoms with Crippen LogP contribution in [-0.4, -0.2) is 34.8 Å². The van der Waals surface area contributed by atoms with Crippen LogP contribution in [0.1, 0.15) is 37.7 Å². The van der Waals surface area contributed by atoms with Gasteiger partial charge in [-0.3, -0.25) is 0 Å². The van der Waals surface area contributed by atoms with Gasteiger partial charge in [0, 0.05) is 19.0 Å². The smallest absolute Gasteiger partial charge is 0.410 e. The first-order valence-electron chi connectivity index (χ1n) is 7.85. The Morgan fingerprint density at radius 1 is 1.29 bits per heavy atom. The van der Waals surface area contributed by atoms with Gasteiger partial charge >= 0.3 is 6.09 Å². The van der Waals surface area contributed by atoms with Crippen molar-refractivity contribution >= 4 is 6.09 Å². The lowest BCUT2D eigenvalue weighted by Crippen LogP contribution is -2.54. The standard InChI is InChI=1S/C17H23NO3/c19-16(21-13-14-6-2-1-3-7-14)18-11-10-17(20)9-5-4-8-15(17)12-18/h1-3,6-7,15,20H,4-5,8-13H2/t15-,17-/m0/s1. The molecule has 1 saturated heterocycles. The third-order valence-electron chi connectivity index (χ3n) is 4.89. The molecule has 1 aliphatic carbocycles. The van der Waals surface area contributed by atoms with E-state index in [4.69, 9.17) is 4.74 Å². The van der Waals surface area contributed by atoms with Gasteiger partial charge < -0.3 is 14.7 Å². The van der Waals surface area contributed by atoms with Gasteiger partial charge in [0.15, 0.2) is 0 Å². The van der Waals surface area contributed by atoms with E-state index in [0.717, 1.165) is 31.2 Å². The summed E-state index contributed by atoms with van der Waals surface area (Å²) in [5, 5.41) is 10.6. The summed E-state index contributed by atoms with van der Waals surface area (Å²) in [6.07, 6.45) is 4.57. The number of benzene rings is 1. The summed E-state index contributed by atoms with van der Waals surface area (Å²) in [4.78, 5) is 13.9. The maximum Gasteiger partial charge on any atom is 0.410 e. The fourth-order valence-electron chi connectivity index (χ4n) is 3.55. The van der Waals surface area contributed by atoms with Crippen LogP contribution in [0.15, 0.2) is 30.3 Å². The van der Waals surface area contributed by atoms with Crippen LogP contribution in [-0.2, 0) is 11.3 Å². The molecule has 1 heterocycles. The quantitative estimate of drug-likeness (QED) is 0.910. The van der Waals surface area contributed by atoms with Crippen LogP contribution in [0.25, 0.3) is 0 Å². The van der Waals surface area contributed by atoms with Crippen molar-refractivity contribution in [3.63, 3.8) is 0 Å². The third kappa shape index (κ3) is 3.21. The van der Waals surface area contributed by atoms with Gasteiger partial charge in [0.2, 0.25) is 0 Å². The highest BCUT2D eigenvalue weighted by molar-refractivity contribution is 5.67. The predicted molar refractivity (Wildman–Crippen MR) is 79.7 cm³/mol. The van der Waals surface area contributed by atoms with E-state index in [-0.39, 0.29) is 12.0 Å². The number of rotatable bonds is 2. The van der Waals surface area contributed by atoms with Crippen molar-refractivity contribution in [3.05, 3.63) is 35.9 Å². The summed E-state index contributed by atoms with van der Waals surface area (Å²) < 4.78 is 5.39. The van der Waals surface area contributed by atoms with Crippen LogP contribution in [0.4, 0.5) is 4.79 Å². The zero-order valence-corrected chi connectivity index (χ0v) is 12.3. The minimum absolute atomic E-state index is 0.212. The molecule has 0 radical (unpaired) electrons. The first-order valence-corrected chi connectivity index (χ1v) is 7.85. The maximum atomic E-state index is 12.2. The monoisotopic (exact) mass is 289 g/mol. The highest BCUT2D eigenvalue weighted by Gasteiger charge is 2.44. The number of carbonyl (C=O) groups is 1. The molecule has 114 valence electrons. The molecule has 1 N–H and O–H groups in total. The lowest BCUT2D eigenvalue weighted by Gasteiger charge is -2.46. The van der Waals surface area contributed by atoms with Gasteiger partial charge in [-0.2, -0.15) is 0 Å². The summed E-state index contributed by atoms with van der Waals surface area (Å²) >= 11 is 0. The molecule has 1 amide bonds. The van der Waals surface area contributed by atoms with E-state index in [9.17, 15) is 9.90 Å². The van der Waals surface area contributed by atoms with Crippen molar-refractivity contribution in [1.29, 1.82) is 0 Å². The number of hydrogen-bond acceptors (Lipinski definition) is 3. The molecule has 3 rings (SSSR count). The van der Waals surface area contributed by atoms with Crippen molar-refractivity contribution < 1.29 is 14.6 Å². The van der Waals surface area contributed by atoms with Gasteiger partial charge in [-0.05, 0) is 24.8 Å². The molecule has 1 aromatic rings. The SMILES string of the molecule is O=C(OCc1ccccc1)N1CC[C@@]2(O)CCCC[C@H]2C1. The number of carbonyl (C=O) groups excluding carboxylic acids is 1. The Morgan fingerprint density at radius 2 is 2.10 bits per heavy atom. The highest BCUT2D eigenvalue weighted by atomic mass is 16.6. The van der Waals surface area contributed by atoms with Crippen LogP contribution in [0, 0.1) is 5.92 Å². The van der Waals surface area contributed by atoms with E-state index in [1.165, 1.54) is 0 Å². The average molecular weight is 289 g/mol. The van der Waals surface area contributed by atoms with Crippen molar-refractivity contribution in [2.45, 2.75) is 44.3 Å². The second-order valence-electron chi connectivity index (χ2n) is 6.28. The molecule has 1 aromatic carbocycles. The van der Waals surface area contributed by atoms with Gasteiger partial charge in [-0.1, -0.05) is 43.2 Å². The first-order chi connectivity index (χ1) is 10.2. The minimum Gasteiger partial charge on any atom is -0.445 e. The molecule has 1 aliphatic heterocycles. The second-order valence-corrected chi connectivity index (χ2v) is 6.28. The van der Waals surface area contributed by atoms with Gasteiger partial charge in [-0.25, -0.2) is 4.79 Å². The van der Waals surface area contributed by atoms with E-state index < -0.39 is 5.60 Å². The summed E-state index contributed by atoms with van der Waals surface area (Å²) in [5.74, 6) is 0.212. The molecule has 2 aliphatic rings. The normalized spacial score (nSPS) is 28.8. The number of amides is 1. The zero-order chi connectivity index (χ0) is 14.7. The zero-order valence-electron chi connectivity index (χ0n) is 12.3. The fraction of sp³-hybridized carbons (Fsp3) is 0.588. The number of hydrogen-bond donors (Lipinski definition) is 1. The van der Waals surface area contributed by atoms with Crippen LogP contribution in [0.2, 0.25) is 0 Å². The molecular formula is C17H23NO3. The fourth-order valence-corrected chi connectivity index (χ4v) is 3.55. The molecule has 1 saturated carbocycles. The van der Waals surface area contributed by atoms with Crippen molar-refractivity contribution in [2.75, 3.05) is 13.1 Å². The van der Waals surface area contributed by atoms with E-state index in [2.05, 4.69) is 0 Å². The Labute approximate surface area is 125 Å². The van der Waals surface area contributed by atoms with Gasteiger partial charge in [-0.15, -0.1) is 0 Å². The summed E-state index contributed by atoms with van der Waals surface area (Å²) in [6.45, 7) is 1.54. The van der Waals surface area contributed by atoms with Crippen LogP contribution < -0.4 is 0 Å². The van der Waals surface area contributed by atoms with E-state index in [1.807, 2.05) is 30.3 Å². The van der Waals surface area contributed by atoms with Crippen molar-refractivity contribution in [1.82, 2.24) is 4.90 Å². The van der Waals surface area contributed by atoms with Crippen molar-refractivity contribution in [3.8, 4) is 0 Å². The minimum atomic E-state index is -0.547. The molecule has 2 atom stereocenters. The lowest BCUT2D eigenvalue weighted by molar-refractivity contribution is -0.0918. The van der Waals surface area contributed by atoms with Crippen LogP contribution in [0.3, 0.4) is 0 Å². The number of ether oxygens (including phenoxy) is 1. The topological polar surface area (TPSA) is 49.8 Å². The lowest BCUT2D eigenvalue weighted by atomic mass is 9.71. The summed E-state index contributed by atoms with van der Waals surface area (Å²) in [7, 11) is 0.